The SMILES string of the molecule is CCCCCCOc1ccc(C(=O)NC(=S)Nc2ccc(S(=O)(=O)N3CCc4ccccc43)cc2)cc1Br. The van der Waals surface area contributed by atoms with Gasteiger partial charge in [-0.15, -0.1) is 0 Å². The van der Waals surface area contributed by atoms with Crippen LogP contribution in [0.1, 0.15) is 48.5 Å². The van der Waals surface area contributed by atoms with Crippen LogP contribution in [0.2, 0.25) is 0 Å². The quantitative estimate of drug-likeness (QED) is 0.206. The smallest absolute Gasteiger partial charge is 0.264 e. The van der Waals surface area contributed by atoms with Crippen LogP contribution in [0.25, 0.3) is 0 Å². The fraction of sp³-hybridized carbons (Fsp3) is 0.286. The molecule has 3 aromatic rings. The zero-order valence-electron chi connectivity index (χ0n) is 21.1. The number of nitrogens with one attached hydrogen (secondary N) is 2. The molecule has 0 saturated heterocycles. The number of sulfonamides is 1. The van der Waals surface area contributed by atoms with E-state index in [1.165, 1.54) is 29.3 Å². The Morgan fingerprint density at radius 1 is 1.05 bits per heavy atom. The summed E-state index contributed by atoms with van der Waals surface area (Å²) in [6.07, 6.45) is 5.17. The van der Waals surface area contributed by atoms with Gasteiger partial charge in [-0.3, -0.25) is 14.4 Å². The fourth-order valence-corrected chi connectivity index (χ4v) is 6.41. The van der Waals surface area contributed by atoms with Crippen molar-refractivity contribution >= 4 is 60.6 Å². The molecular formula is C28H30BrN3O4S2. The summed E-state index contributed by atoms with van der Waals surface area (Å²) in [5, 5.41) is 5.69. The molecule has 0 bridgehead atoms. The van der Waals surface area contributed by atoms with Crippen molar-refractivity contribution in [2.24, 2.45) is 0 Å². The molecule has 1 heterocycles. The number of hydrogen-bond acceptors (Lipinski definition) is 5. The molecule has 2 N–H and O–H groups in total. The Kier molecular flexibility index (Phi) is 9.40. The van der Waals surface area contributed by atoms with Gasteiger partial charge in [0.05, 0.1) is 21.7 Å². The molecule has 0 aliphatic carbocycles. The summed E-state index contributed by atoms with van der Waals surface area (Å²) >= 11 is 8.76. The van der Waals surface area contributed by atoms with Crippen LogP contribution in [0.15, 0.2) is 76.1 Å². The number of benzene rings is 3. The van der Waals surface area contributed by atoms with Crippen LogP contribution in [0.3, 0.4) is 0 Å². The largest absolute Gasteiger partial charge is 0.492 e. The van der Waals surface area contributed by atoms with E-state index in [4.69, 9.17) is 17.0 Å². The summed E-state index contributed by atoms with van der Waals surface area (Å²) in [5.74, 6) is 0.316. The number of amides is 1. The van der Waals surface area contributed by atoms with Crippen molar-refractivity contribution in [3.63, 3.8) is 0 Å². The van der Waals surface area contributed by atoms with Crippen LogP contribution in [-0.2, 0) is 16.4 Å². The highest BCUT2D eigenvalue weighted by Crippen LogP contribution is 2.33. The number of para-hydroxylation sites is 1. The molecule has 1 aliphatic rings. The molecule has 10 heteroatoms. The highest BCUT2D eigenvalue weighted by Gasteiger charge is 2.30. The number of ether oxygens (including phenoxy) is 1. The van der Waals surface area contributed by atoms with E-state index in [9.17, 15) is 13.2 Å². The first-order valence-corrected chi connectivity index (χ1v) is 15.2. The Morgan fingerprint density at radius 3 is 2.55 bits per heavy atom. The van der Waals surface area contributed by atoms with Crippen LogP contribution >= 0.6 is 28.1 Å². The van der Waals surface area contributed by atoms with E-state index in [0.717, 1.165) is 24.1 Å². The average molecular weight is 617 g/mol. The highest BCUT2D eigenvalue weighted by molar-refractivity contribution is 9.10. The number of hydrogen-bond donors (Lipinski definition) is 2. The molecule has 0 fully saturated rings. The zero-order chi connectivity index (χ0) is 27.1. The molecule has 0 radical (unpaired) electrons. The predicted octanol–water partition coefficient (Wildman–Crippen LogP) is 6.29. The maximum Gasteiger partial charge on any atom is 0.264 e. The van der Waals surface area contributed by atoms with E-state index in [0.29, 0.717) is 41.0 Å². The molecule has 0 unspecified atom stereocenters. The maximum atomic E-state index is 13.2. The lowest BCUT2D eigenvalue weighted by atomic mass is 10.2. The van der Waals surface area contributed by atoms with E-state index in [-0.39, 0.29) is 15.9 Å². The van der Waals surface area contributed by atoms with Crippen molar-refractivity contribution in [1.82, 2.24) is 5.32 Å². The van der Waals surface area contributed by atoms with E-state index >= 15 is 0 Å². The van der Waals surface area contributed by atoms with E-state index in [1.807, 2.05) is 24.3 Å². The number of fused-ring (bicyclic) bond motifs is 1. The molecule has 1 amide bonds. The zero-order valence-corrected chi connectivity index (χ0v) is 24.3. The van der Waals surface area contributed by atoms with Crippen molar-refractivity contribution in [2.75, 3.05) is 22.8 Å². The molecule has 38 heavy (non-hydrogen) atoms. The van der Waals surface area contributed by atoms with Gasteiger partial charge in [-0.2, -0.15) is 0 Å². The maximum absolute atomic E-state index is 13.2. The average Bonchev–Trinajstić information content (AvgIpc) is 3.35. The van der Waals surface area contributed by atoms with Gasteiger partial charge in [0.15, 0.2) is 5.11 Å². The number of carbonyl (C=O) groups excluding carboxylic acids is 1. The van der Waals surface area contributed by atoms with Gasteiger partial charge in [0.2, 0.25) is 0 Å². The van der Waals surface area contributed by atoms with Crippen LogP contribution in [0.5, 0.6) is 5.75 Å². The molecule has 0 spiro atoms. The van der Waals surface area contributed by atoms with Gasteiger partial charge in [-0.1, -0.05) is 44.4 Å². The summed E-state index contributed by atoms with van der Waals surface area (Å²) < 4.78 is 34.3. The molecular weight excluding hydrogens is 586 g/mol. The van der Waals surface area contributed by atoms with Gasteiger partial charge in [-0.25, -0.2) is 8.42 Å². The summed E-state index contributed by atoms with van der Waals surface area (Å²) in [6.45, 7) is 3.21. The number of unbranched alkanes of at least 4 members (excludes halogenated alkanes) is 3. The Labute approximate surface area is 237 Å². The van der Waals surface area contributed by atoms with E-state index < -0.39 is 10.0 Å². The number of halogens is 1. The summed E-state index contributed by atoms with van der Waals surface area (Å²) in [4.78, 5) is 12.9. The van der Waals surface area contributed by atoms with Gasteiger partial charge in [-0.05, 0) is 95.1 Å². The topological polar surface area (TPSA) is 87.7 Å². The van der Waals surface area contributed by atoms with Crippen molar-refractivity contribution in [3.8, 4) is 5.75 Å². The molecule has 200 valence electrons. The first-order chi connectivity index (χ1) is 18.3. The number of nitrogens with zero attached hydrogens (tertiary/aromatic N) is 1. The second kappa shape index (κ2) is 12.7. The normalized spacial score (nSPS) is 12.6. The Morgan fingerprint density at radius 2 is 1.82 bits per heavy atom. The van der Waals surface area contributed by atoms with E-state index in [1.54, 1.807) is 30.3 Å². The molecule has 3 aromatic carbocycles. The monoisotopic (exact) mass is 615 g/mol. The van der Waals surface area contributed by atoms with Crippen molar-refractivity contribution < 1.29 is 17.9 Å². The molecule has 0 saturated carbocycles. The Bertz CT molecular complexity index is 1410. The number of thiocarbonyl (C=S) groups is 1. The highest BCUT2D eigenvalue weighted by atomic mass is 79.9. The molecule has 0 atom stereocenters. The van der Waals surface area contributed by atoms with E-state index in [2.05, 4.69) is 33.5 Å². The minimum Gasteiger partial charge on any atom is -0.492 e. The summed E-state index contributed by atoms with van der Waals surface area (Å²) in [7, 11) is -3.68. The number of carbonyl (C=O) groups is 1. The molecule has 0 aromatic heterocycles. The molecule has 7 nitrogen and oxygen atoms in total. The third-order valence-corrected chi connectivity index (χ3v) is 8.87. The Hall–Kier alpha value is -2.95. The summed E-state index contributed by atoms with van der Waals surface area (Å²) in [5.41, 5.74) is 2.72. The number of anilines is 2. The molecule has 4 rings (SSSR count). The van der Waals surface area contributed by atoms with Gasteiger partial charge < -0.3 is 10.1 Å². The summed E-state index contributed by atoms with van der Waals surface area (Å²) in [6, 6.07) is 19.0. The van der Waals surface area contributed by atoms with Gasteiger partial charge in [0.25, 0.3) is 15.9 Å². The lowest BCUT2D eigenvalue weighted by molar-refractivity contribution is 0.0977. The fourth-order valence-electron chi connectivity index (χ4n) is 4.20. The Balaban J connectivity index is 1.32. The predicted molar refractivity (Wildman–Crippen MR) is 159 cm³/mol. The first kappa shape index (κ1) is 28.1. The first-order valence-electron chi connectivity index (χ1n) is 12.5. The van der Waals surface area contributed by atoms with Gasteiger partial charge in [0.1, 0.15) is 5.75 Å². The lowest BCUT2D eigenvalue weighted by Gasteiger charge is -2.19. The lowest BCUT2D eigenvalue weighted by Crippen LogP contribution is -2.34. The minimum absolute atomic E-state index is 0.103. The van der Waals surface area contributed by atoms with Crippen LogP contribution in [0, 0.1) is 0 Å². The van der Waals surface area contributed by atoms with Crippen LogP contribution < -0.4 is 19.7 Å². The van der Waals surface area contributed by atoms with Crippen LogP contribution in [-0.4, -0.2) is 32.6 Å². The molecule has 1 aliphatic heterocycles. The van der Waals surface area contributed by atoms with Gasteiger partial charge in [0, 0.05) is 17.8 Å². The minimum atomic E-state index is -3.68. The number of rotatable bonds is 10. The second-order valence-corrected chi connectivity index (χ2v) is 12.1. The third-order valence-electron chi connectivity index (χ3n) is 6.22. The van der Waals surface area contributed by atoms with Crippen molar-refractivity contribution in [1.29, 1.82) is 0 Å². The van der Waals surface area contributed by atoms with Crippen molar-refractivity contribution in [3.05, 3.63) is 82.3 Å². The van der Waals surface area contributed by atoms with Gasteiger partial charge >= 0.3 is 0 Å². The van der Waals surface area contributed by atoms with Crippen molar-refractivity contribution in [2.45, 2.75) is 43.9 Å². The second-order valence-electron chi connectivity index (χ2n) is 8.94. The standard InChI is InChI=1S/C28H30BrN3O4S2/c1-2-3-4-7-18-36-26-15-10-21(19-24(26)29)27(33)31-28(37)30-22-11-13-23(14-12-22)38(34,35)32-17-16-20-8-5-6-9-25(20)32/h5-6,8-15,19H,2-4,7,16-18H2,1H3,(H2,30,31,33,37). The van der Waals surface area contributed by atoms with Crippen LogP contribution in [0.4, 0.5) is 11.4 Å². The third kappa shape index (κ3) is 6.73.